The van der Waals surface area contributed by atoms with Crippen molar-refractivity contribution in [3.05, 3.63) is 71.3 Å². The third-order valence-corrected chi connectivity index (χ3v) is 5.45. The Bertz CT molecular complexity index is 1060. The molecule has 1 aliphatic heterocycles. The average Bonchev–Trinajstić information content (AvgIpc) is 3.40. The summed E-state index contributed by atoms with van der Waals surface area (Å²) in [6, 6.07) is 11.6. The number of likely N-dealkylation sites (tertiary alicyclic amines) is 1. The number of hydrogen-bond acceptors (Lipinski definition) is 5. The Labute approximate surface area is 175 Å². The van der Waals surface area contributed by atoms with Crippen LogP contribution in [0.15, 0.2) is 48.8 Å². The molecule has 0 spiro atoms. The summed E-state index contributed by atoms with van der Waals surface area (Å²) in [7, 11) is 1.36. The number of ether oxygens (including phenoxy) is 1. The van der Waals surface area contributed by atoms with Gasteiger partial charge >= 0.3 is 5.97 Å². The maximum absolute atomic E-state index is 13.1. The van der Waals surface area contributed by atoms with Crippen LogP contribution in [-0.4, -0.2) is 51.9 Å². The molecule has 1 aliphatic rings. The van der Waals surface area contributed by atoms with Crippen molar-refractivity contribution >= 4 is 11.9 Å². The predicted octanol–water partition coefficient (Wildman–Crippen LogP) is 3.27. The maximum atomic E-state index is 13.1. The van der Waals surface area contributed by atoms with Crippen molar-refractivity contribution in [1.82, 2.24) is 19.9 Å². The van der Waals surface area contributed by atoms with Gasteiger partial charge in [-0.25, -0.2) is 9.78 Å². The van der Waals surface area contributed by atoms with Crippen LogP contribution in [0.1, 0.15) is 38.5 Å². The molecule has 1 unspecified atom stereocenters. The summed E-state index contributed by atoms with van der Waals surface area (Å²) in [5, 5.41) is 0. The Morgan fingerprint density at radius 3 is 2.80 bits per heavy atom. The number of aryl methyl sites for hydroxylation is 1. The number of amides is 1. The first-order chi connectivity index (χ1) is 14.5. The number of pyridine rings is 1. The van der Waals surface area contributed by atoms with E-state index in [4.69, 9.17) is 4.74 Å². The molecule has 0 saturated carbocycles. The number of rotatable bonds is 5. The number of nitrogens with zero attached hydrogens (tertiary/aromatic N) is 3. The zero-order chi connectivity index (χ0) is 21.1. The van der Waals surface area contributed by atoms with Crippen LogP contribution < -0.4 is 0 Å². The minimum atomic E-state index is -0.393. The third kappa shape index (κ3) is 4.10. The first-order valence-electron chi connectivity index (χ1n) is 9.98. The molecule has 2 aromatic heterocycles. The van der Waals surface area contributed by atoms with Crippen molar-refractivity contribution < 1.29 is 14.3 Å². The van der Waals surface area contributed by atoms with Crippen molar-refractivity contribution in [2.24, 2.45) is 5.92 Å². The summed E-state index contributed by atoms with van der Waals surface area (Å²) < 4.78 is 4.76. The summed E-state index contributed by atoms with van der Waals surface area (Å²) in [6.45, 7) is 3.24. The van der Waals surface area contributed by atoms with E-state index in [2.05, 4.69) is 15.0 Å². The third-order valence-electron chi connectivity index (χ3n) is 5.45. The molecule has 0 aliphatic carbocycles. The van der Waals surface area contributed by atoms with E-state index in [1.807, 2.05) is 48.2 Å². The molecule has 1 atom stereocenters. The number of nitrogens with one attached hydrogen (secondary N) is 1. The fourth-order valence-electron chi connectivity index (χ4n) is 3.90. The molecule has 7 heteroatoms. The van der Waals surface area contributed by atoms with Gasteiger partial charge in [0.2, 0.25) is 0 Å². The summed E-state index contributed by atoms with van der Waals surface area (Å²) in [4.78, 5) is 38.6. The lowest BCUT2D eigenvalue weighted by Crippen LogP contribution is -2.29. The number of benzene rings is 1. The number of methoxy groups -OCH3 is 1. The fraction of sp³-hybridized carbons (Fsp3) is 0.304. The molecule has 1 aromatic carbocycles. The summed E-state index contributed by atoms with van der Waals surface area (Å²) in [6.07, 6.45) is 4.94. The molecule has 0 bridgehead atoms. The van der Waals surface area contributed by atoms with Crippen molar-refractivity contribution in [2.75, 3.05) is 20.2 Å². The Hall–Kier alpha value is -3.48. The van der Waals surface area contributed by atoms with Gasteiger partial charge in [-0.3, -0.25) is 9.78 Å². The minimum absolute atomic E-state index is 0.0464. The van der Waals surface area contributed by atoms with Gasteiger partial charge < -0.3 is 14.6 Å². The van der Waals surface area contributed by atoms with Crippen LogP contribution in [0.2, 0.25) is 0 Å². The molecule has 1 N–H and O–H groups in total. The van der Waals surface area contributed by atoms with E-state index in [-0.39, 0.29) is 5.91 Å². The Morgan fingerprint density at radius 1 is 1.23 bits per heavy atom. The monoisotopic (exact) mass is 404 g/mol. The van der Waals surface area contributed by atoms with Gasteiger partial charge in [-0.2, -0.15) is 0 Å². The van der Waals surface area contributed by atoms with Gasteiger partial charge in [-0.15, -0.1) is 0 Å². The first kappa shape index (κ1) is 19.8. The van der Waals surface area contributed by atoms with Gasteiger partial charge in [-0.1, -0.05) is 30.3 Å². The van der Waals surface area contributed by atoms with Crippen molar-refractivity contribution in [3.8, 4) is 11.4 Å². The van der Waals surface area contributed by atoms with Crippen LogP contribution in [0.25, 0.3) is 11.4 Å². The number of esters is 1. The number of carbonyl (C=O) groups excluding carboxylic acids is 2. The topological polar surface area (TPSA) is 88.2 Å². The van der Waals surface area contributed by atoms with Crippen molar-refractivity contribution in [2.45, 2.75) is 19.8 Å². The molecule has 154 valence electrons. The van der Waals surface area contributed by atoms with E-state index in [9.17, 15) is 9.59 Å². The first-order valence-corrected chi connectivity index (χ1v) is 9.98. The maximum Gasteiger partial charge on any atom is 0.339 e. The molecule has 0 radical (unpaired) electrons. The number of hydrogen-bond donors (Lipinski definition) is 1. The number of imidazole rings is 1. The molecule has 1 saturated heterocycles. The van der Waals surface area contributed by atoms with Crippen LogP contribution in [0, 0.1) is 12.8 Å². The van der Waals surface area contributed by atoms with Gasteiger partial charge in [-0.05, 0) is 37.3 Å². The second-order valence-electron chi connectivity index (χ2n) is 7.61. The number of aromatic amines is 1. The van der Waals surface area contributed by atoms with Crippen LogP contribution in [0.4, 0.5) is 0 Å². The van der Waals surface area contributed by atoms with Crippen LogP contribution >= 0.6 is 0 Å². The quantitative estimate of drug-likeness (QED) is 0.660. The standard InChI is InChI=1S/C23H24N4O3/c1-15-20(26-21(25-15)18-6-4-3-5-7-18)22(28)27-9-8-16(14-27)10-17-11-19(13-24-12-17)23(29)30-2/h3-7,11-13,16H,8-10,14H2,1-2H3,(H,25,26). The Balaban J connectivity index is 1.43. The molecule has 7 nitrogen and oxygen atoms in total. The van der Waals surface area contributed by atoms with Gasteiger partial charge in [0.15, 0.2) is 0 Å². The largest absolute Gasteiger partial charge is 0.465 e. The molecular formula is C23H24N4O3. The minimum Gasteiger partial charge on any atom is -0.465 e. The van der Waals surface area contributed by atoms with E-state index in [1.165, 1.54) is 13.3 Å². The van der Waals surface area contributed by atoms with E-state index in [0.29, 0.717) is 36.1 Å². The lowest BCUT2D eigenvalue weighted by Gasteiger charge is -2.16. The zero-order valence-electron chi connectivity index (χ0n) is 17.1. The molecular weight excluding hydrogens is 380 g/mol. The normalized spacial score (nSPS) is 15.9. The molecule has 30 heavy (non-hydrogen) atoms. The van der Waals surface area contributed by atoms with Crippen molar-refractivity contribution in [1.29, 1.82) is 0 Å². The highest BCUT2D eigenvalue weighted by Gasteiger charge is 2.29. The zero-order valence-corrected chi connectivity index (χ0v) is 17.1. The number of carbonyl (C=O) groups is 2. The highest BCUT2D eigenvalue weighted by atomic mass is 16.5. The molecule has 1 amide bonds. The average molecular weight is 404 g/mol. The second-order valence-corrected chi connectivity index (χ2v) is 7.61. The van der Waals surface area contributed by atoms with Gasteiger partial charge in [0.05, 0.1) is 12.7 Å². The molecule has 3 aromatic rings. The van der Waals surface area contributed by atoms with Crippen molar-refractivity contribution in [3.63, 3.8) is 0 Å². The SMILES string of the molecule is COC(=O)c1cncc(CC2CCN(C(=O)c3nc(-c4ccccc4)[nH]c3C)C2)c1. The number of aromatic nitrogens is 3. The summed E-state index contributed by atoms with van der Waals surface area (Å²) in [5.74, 6) is 0.583. The Morgan fingerprint density at radius 2 is 2.03 bits per heavy atom. The van der Waals surface area contributed by atoms with E-state index >= 15 is 0 Å². The molecule has 1 fully saturated rings. The van der Waals surface area contributed by atoms with E-state index in [0.717, 1.165) is 29.7 Å². The molecule has 4 rings (SSSR count). The lowest BCUT2D eigenvalue weighted by molar-refractivity contribution is 0.0600. The molecule has 3 heterocycles. The van der Waals surface area contributed by atoms with Crippen LogP contribution in [0.3, 0.4) is 0 Å². The van der Waals surface area contributed by atoms with Gasteiger partial charge in [0.25, 0.3) is 5.91 Å². The Kier molecular flexibility index (Phi) is 5.61. The second kappa shape index (κ2) is 8.49. The van der Waals surface area contributed by atoms with Crippen LogP contribution in [-0.2, 0) is 11.2 Å². The summed E-state index contributed by atoms with van der Waals surface area (Å²) >= 11 is 0. The lowest BCUT2D eigenvalue weighted by atomic mass is 9.99. The van der Waals surface area contributed by atoms with E-state index in [1.54, 1.807) is 6.20 Å². The number of H-pyrrole nitrogens is 1. The highest BCUT2D eigenvalue weighted by Crippen LogP contribution is 2.24. The summed E-state index contributed by atoms with van der Waals surface area (Å²) in [5.41, 5.74) is 3.62. The van der Waals surface area contributed by atoms with Crippen LogP contribution in [0.5, 0.6) is 0 Å². The van der Waals surface area contributed by atoms with Gasteiger partial charge in [0.1, 0.15) is 11.5 Å². The van der Waals surface area contributed by atoms with Gasteiger partial charge in [0, 0.05) is 36.7 Å². The van der Waals surface area contributed by atoms with E-state index < -0.39 is 5.97 Å². The predicted molar refractivity (Wildman–Crippen MR) is 112 cm³/mol. The fourth-order valence-corrected chi connectivity index (χ4v) is 3.90. The highest BCUT2D eigenvalue weighted by molar-refractivity contribution is 5.94. The smallest absolute Gasteiger partial charge is 0.339 e.